The van der Waals surface area contributed by atoms with Gasteiger partial charge in [-0.2, -0.15) is 0 Å². The van der Waals surface area contributed by atoms with Gasteiger partial charge in [0.05, 0.1) is 83.6 Å². The van der Waals surface area contributed by atoms with Gasteiger partial charge >= 0.3 is 0 Å². The summed E-state index contributed by atoms with van der Waals surface area (Å²) in [4.78, 5) is 197. The number of likely N-dealkylation sites (tertiary alicyclic amines) is 2. The second-order valence-corrected chi connectivity index (χ2v) is 32.8. The topological polar surface area (TPSA) is 589 Å². The molecule has 11 atom stereocenters. The van der Waals surface area contributed by atoms with Crippen LogP contribution in [-0.4, -0.2) is 295 Å². The average Bonchev–Trinajstić information content (AvgIpc) is 1.71. The minimum atomic E-state index is -1.37. The van der Waals surface area contributed by atoms with Crippen LogP contribution in [0.3, 0.4) is 0 Å². The summed E-state index contributed by atoms with van der Waals surface area (Å²) in [5, 5.41) is 36.9. The van der Waals surface area contributed by atoms with E-state index in [1.54, 1.807) is 18.7 Å². The predicted molar refractivity (Wildman–Crippen MR) is 475 cm³/mol. The van der Waals surface area contributed by atoms with Crippen LogP contribution in [0.2, 0.25) is 0 Å². The summed E-state index contributed by atoms with van der Waals surface area (Å²) in [7, 11) is 0. The summed E-state index contributed by atoms with van der Waals surface area (Å²) in [6.07, 6.45) is 4.81. The number of benzene rings is 3. The molecule has 39 heteroatoms. The van der Waals surface area contributed by atoms with Gasteiger partial charge in [0.1, 0.15) is 67.9 Å². The number of ether oxygens (including phenoxy) is 6. The SMILES string of the molecule is CC(=O)[C@H](CC(C)C)NC(=O)[C@H](CCCN)NC(=O)COCCOCCNC(=O)COCCOCCNC(=O)C1CCCN1C(=O)[C@H](N)Cc1ccccc1.CC(=O)[C@H](CC(C)C)NC(=O)[C@H](CCCN)NC(=O)[C@@H](NC(=O)[C@H](Cc1ccc(O)cc1)NC(=O)[C@H](CCC(N)=O)NC(=O)COCCOCCNC(=O)C1CCCN1C(=O)[C@H](N)Cc1ccccc1)C(C)C. The van der Waals surface area contributed by atoms with Gasteiger partial charge in [-0.15, -0.1) is 0 Å². The Kier molecular flexibility index (Phi) is 53.1. The number of amides is 13. The van der Waals surface area contributed by atoms with Gasteiger partial charge in [0.25, 0.3) is 0 Å². The number of phenols is 1. The maximum absolute atomic E-state index is 14.1. The number of aromatic hydroxyl groups is 1. The molecule has 2 fully saturated rings. The highest BCUT2D eigenvalue weighted by Gasteiger charge is 2.39. The molecule has 0 aromatic heterocycles. The quantitative estimate of drug-likeness (QED) is 0.0288. The lowest BCUT2D eigenvalue weighted by Gasteiger charge is -2.29. The summed E-state index contributed by atoms with van der Waals surface area (Å²) >= 11 is 0. The Hall–Kier alpha value is -10.5. The minimum Gasteiger partial charge on any atom is -0.508 e. The number of carbonyl (C=O) groups excluding carboxylic acids is 15. The van der Waals surface area contributed by atoms with E-state index in [1.165, 1.54) is 43.0 Å². The van der Waals surface area contributed by atoms with Crippen molar-refractivity contribution in [2.75, 3.05) is 125 Å². The first-order valence-electron chi connectivity index (χ1n) is 44.2. The summed E-state index contributed by atoms with van der Waals surface area (Å²) in [6.45, 7) is 16.4. The van der Waals surface area contributed by atoms with Crippen molar-refractivity contribution >= 4 is 88.4 Å². The van der Waals surface area contributed by atoms with Crippen LogP contribution < -0.4 is 81.8 Å². The Morgan fingerprint density at radius 2 is 0.773 bits per heavy atom. The minimum absolute atomic E-state index is 0.0424. The van der Waals surface area contributed by atoms with E-state index in [2.05, 4.69) is 53.2 Å². The van der Waals surface area contributed by atoms with E-state index >= 15 is 0 Å². The molecule has 3 aromatic carbocycles. The second-order valence-electron chi connectivity index (χ2n) is 32.8. The van der Waals surface area contributed by atoms with Gasteiger partial charge in [0, 0.05) is 45.6 Å². The average molecular weight is 1800 g/mol. The van der Waals surface area contributed by atoms with Crippen molar-refractivity contribution < 1.29 is 105 Å². The molecule has 0 saturated carbocycles. The van der Waals surface area contributed by atoms with Gasteiger partial charge in [-0.25, -0.2) is 0 Å². The van der Waals surface area contributed by atoms with E-state index in [-0.39, 0.29) is 183 Å². The number of hydrogen-bond donors (Lipinski definition) is 16. The van der Waals surface area contributed by atoms with Crippen molar-refractivity contribution in [2.24, 2.45) is 46.4 Å². The fourth-order valence-corrected chi connectivity index (χ4v) is 13.9. The molecule has 2 aliphatic heterocycles. The number of primary amides is 1. The second kappa shape index (κ2) is 61.9. The third kappa shape index (κ3) is 44.0. The highest BCUT2D eigenvalue weighted by molar-refractivity contribution is 5.98. The lowest BCUT2D eigenvalue weighted by atomic mass is 9.99. The maximum atomic E-state index is 14.1. The maximum Gasteiger partial charge on any atom is 0.246 e. The molecule has 39 nitrogen and oxygen atoms in total. The number of Topliss-reactive ketones (excluding diaryl/α,β-unsaturated/α-hetero) is 2. The van der Waals surface area contributed by atoms with Crippen LogP contribution in [0, 0.1) is 17.8 Å². The van der Waals surface area contributed by atoms with Crippen LogP contribution >= 0.6 is 0 Å². The molecule has 0 radical (unpaired) electrons. The molecule has 2 heterocycles. The number of carbonyl (C=O) groups is 15. The van der Waals surface area contributed by atoms with Gasteiger partial charge < -0.3 is 125 Å². The first-order valence-corrected chi connectivity index (χ1v) is 44.2. The largest absolute Gasteiger partial charge is 0.508 e. The molecule has 5 rings (SSSR count). The molecule has 128 heavy (non-hydrogen) atoms. The fraction of sp³-hybridized carbons (Fsp3) is 0.629. The number of nitrogens with one attached hydrogen (secondary N) is 10. The molecule has 0 bridgehead atoms. The zero-order chi connectivity index (χ0) is 94.5. The Morgan fingerprint density at radius 3 is 1.16 bits per heavy atom. The normalized spacial score (nSPS) is 15.7. The molecular weight excluding hydrogens is 1660 g/mol. The lowest BCUT2D eigenvalue weighted by Crippen LogP contribution is -2.60. The predicted octanol–water partition coefficient (Wildman–Crippen LogP) is -1.45. The van der Waals surface area contributed by atoms with Gasteiger partial charge in [-0.05, 0) is 157 Å². The molecule has 0 aliphatic carbocycles. The summed E-state index contributed by atoms with van der Waals surface area (Å²) in [5.74, 6) is -7.42. The lowest BCUT2D eigenvalue weighted by molar-refractivity contribution is -0.139. The molecule has 2 aliphatic rings. The molecule has 3 aromatic rings. The fourth-order valence-electron chi connectivity index (χ4n) is 13.9. The molecule has 2 unspecified atom stereocenters. The van der Waals surface area contributed by atoms with E-state index in [9.17, 15) is 77.0 Å². The van der Waals surface area contributed by atoms with E-state index in [0.29, 0.717) is 89.4 Å². The van der Waals surface area contributed by atoms with Crippen LogP contribution in [0.25, 0.3) is 0 Å². The van der Waals surface area contributed by atoms with Gasteiger partial charge in [0.15, 0.2) is 11.6 Å². The number of rotatable bonds is 62. The van der Waals surface area contributed by atoms with Crippen molar-refractivity contribution in [3.63, 3.8) is 0 Å². The van der Waals surface area contributed by atoms with Crippen LogP contribution in [0.5, 0.6) is 5.75 Å². The summed E-state index contributed by atoms with van der Waals surface area (Å²) < 4.78 is 32.6. The van der Waals surface area contributed by atoms with Crippen LogP contribution in [0.15, 0.2) is 84.9 Å². The Balaban J connectivity index is 0.000000558. The number of nitrogens with two attached hydrogens (primary N) is 5. The van der Waals surface area contributed by atoms with Gasteiger partial charge in [0.2, 0.25) is 76.8 Å². The van der Waals surface area contributed by atoms with Crippen LogP contribution in [0.4, 0.5) is 0 Å². The standard InChI is InChI=1S/C51H78N10O12.C38H63N7O10/c1-31(2)27-40(33(5)62)58-46(66)38(13-9-21-52)57-50(70)45(32(3)4)60-48(68)41(29-35-15-17-36(63)18-16-35)59-47(67)39(19-20-43(54)64)56-44(65)30-73-26-25-72-24-22-55-49(69)42-14-10-23-61(42)51(71)37(53)28-34-11-7-6-8-12-34;1-27(2)23-32(28(3)46)44-36(49)31(11-7-13-39)43-35(48)26-55-22-20-52-17-14-41-34(47)25-54-21-19-53-18-15-42-37(50)33-12-8-16-45(33)38(51)30(40)24-29-9-5-4-6-10-29/h6-8,11-12,15-18,31-32,37-42,45,63H,9-10,13-14,19-30,52-53H2,1-5H3,(H2,54,64)(H,55,69)(H,56,65)(H,57,70)(H,58,66)(H,59,67)(H,60,68);4-6,9-10,27,30-33H,7-8,11-26,39-40H2,1-3H3,(H,41,47)(H,42,50)(H,43,48)(H,44,49)/t37-,38+,39+,40+,41+,42?,45+;30-,31+,32+,33?/m11/s1. The molecule has 714 valence electrons. The van der Waals surface area contributed by atoms with E-state index in [0.717, 1.165) is 17.5 Å². The number of ketones is 2. The number of hydrogen-bond acceptors (Lipinski definition) is 26. The van der Waals surface area contributed by atoms with Crippen molar-refractivity contribution in [1.29, 1.82) is 0 Å². The highest BCUT2D eigenvalue weighted by atomic mass is 16.5. The smallest absolute Gasteiger partial charge is 0.246 e. The third-order valence-electron chi connectivity index (χ3n) is 20.7. The number of nitrogens with zero attached hydrogens (tertiary/aromatic N) is 2. The van der Waals surface area contributed by atoms with Crippen LogP contribution in [-0.2, 0) is 120 Å². The Bertz CT molecular complexity index is 3930. The van der Waals surface area contributed by atoms with Crippen molar-refractivity contribution in [3.05, 3.63) is 102 Å². The van der Waals surface area contributed by atoms with Crippen LogP contribution in [0.1, 0.15) is 149 Å². The van der Waals surface area contributed by atoms with E-state index in [1.807, 2.05) is 88.4 Å². The Labute approximate surface area is 750 Å². The first kappa shape index (κ1) is 110. The zero-order valence-electron chi connectivity index (χ0n) is 75.5. The highest BCUT2D eigenvalue weighted by Crippen LogP contribution is 2.22. The van der Waals surface area contributed by atoms with E-state index < -0.39 is 126 Å². The third-order valence-corrected chi connectivity index (χ3v) is 20.7. The molecular formula is C89H141N17O22. The van der Waals surface area contributed by atoms with Crippen molar-refractivity contribution in [3.8, 4) is 5.75 Å². The zero-order valence-corrected chi connectivity index (χ0v) is 75.5. The first-order chi connectivity index (χ1) is 61.1. The summed E-state index contributed by atoms with van der Waals surface area (Å²) in [6, 6.07) is 14.8. The van der Waals surface area contributed by atoms with Crippen molar-refractivity contribution in [2.45, 2.75) is 218 Å². The van der Waals surface area contributed by atoms with Crippen molar-refractivity contribution in [1.82, 2.24) is 63.0 Å². The summed E-state index contributed by atoms with van der Waals surface area (Å²) in [5.41, 5.74) is 31.5. The van der Waals surface area contributed by atoms with Gasteiger partial charge in [-0.1, -0.05) is 114 Å². The Morgan fingerprint density at radius 1 is 0.414 bits per heavy atom. The number of phenolic OH excluding ortho intramolecular Hbond substituents is 1. The molecule has 13 amide bonds. The molecule has 21 N–H and O–H groups in total. The van der Waals surface area contributed by atoms with Gasteiger partial charge in [-0.3, -0.25) is 71.9 Å². The van der Waals surface area contributed by atoms with E-state index in [4.69, 9.17) is 57.1 Å². The monoisotopic (exact) mass is 1800 g/mol. The molecule has 2 saturated heterocycles. The molecule has 0 spiro atoms.